The first kappa shape index (κ1) is 13.4. The van der Waals surface area contributed by atoms with Crippen LogP contribution in [0.3, 0.4) is 0 Å². The van der Waals surface area contributed by atoms with E-state index >= 15 is 0 Å². The van der Waals surface area contributed by atoms with Crippen LogP contribution in [0.25, 0.3) is 0 Å². The maximum absolute atomic E-state index is 11.8. The number of likely N-dealkylation sites (N-methyl/N-ethyl adjacent to an activating group) is 2. The molecule has 5 heteroatoms. The van der Waals surface area contributed by atoms with Crippen molar-refractivity contribution in [2.24, 2.45) is 5.41 Å². The normalized spacial score (nSPS) is 10.3. The minimum atomic E-state index is -1.08. The molecule has 0 heterocycles. The van der Waals surface area contributed by atoms with E-state index in [4.69, 9.17) is 5.26 Å². The van der Waals surface area contributed by atoms with Crippen LogP contribution in [-0.4, -0.2) is 36.9 Å². The number of carbonyl (C=O) groups is 2. The van der Waals surface area contributed by atoms with Crippen molar-refractivity contribution in [1.82, 2.24) is 10.2 Å². The number of nitrogens with one attached hydrogen (secondary N) is 1. The van der Waals surface area contributed by atoms with Gasteiger partial charge in [-0.05, 0) is 20.8 Å². The Morgan fingerprint density at radius 3 is 2.33 bits per heavy atom. The van der Waals surface area contributed by atoms with Gasteiger partial charge in [0, 0.05) is 13.6 Å². The largest absolute Gasteiger partial charge is 0.358 e. The maximum atomic E-state index is 11.8. The van der Waals surface area contributed by atoms with Gasteiger partial charge in [-0.1, -0.05) is 0 Å². The van der Waals surface area contributed by atoms with E-state index in [1.165, 1.54) is 11.9 Å². The fourth-order valence-electron chi connectivity index (χ4n) is 1.02. The third-order valence-electron chi connectivity index (χ3n) is 2.10. The molecule has 0 aliphatic carbocycles. The standard InChI is InChI=1S/C10H17N3O2/c1-5-13(6-8(14)12-4)9(15)10(2,3)7-11/h5-6H2,1-4H3,(H,12,14). The van der Waals surface area contributed by atoms with Gasteiger partial charge < -0.3 is 10.2 Å². The third-order valence-corrected chi connectivity index (χ3v) is 2.10. The van der Waals surface area contributed by atoms with Crippen LogP contribution in [0.5, 0.6) is 0 Å². The number of amides is 2. The van der Waals surface area contributed by atoms with E-state index in [9.17, 15) is 9.59 Å². The minimum absolute atomic E-state index is 0.00303. The van der Waals surface area contributed by atoms with Crippen molar-refractivity contribution in [3.63, 3.8) is 0 Å². The summed E-state index contributed by atoms with van der Waals surface area (Å²) in [6.07, 6.45) is 0. The van der Waals surface area contributed by atoms with Gasteiger partial charge >= 0.3 is 0 Å². The summed E-state index contributed by atoms with van der Waals surface area (Å²) in [5.41, 5.74) is -1.08. The molecule has 0 aliphatic heterocycles. The van der Waals surface area contributed by atoms with Gasteiger partial charge in [0.25, 0.3) is 0 Å². The Labute approximate surface area is 90.0 Å². The summed E-state index contributed by atoms with van der Waals surface area (Å²) in [4.78, 5) is 24.3. The Kier molecular flexibility index (Phi) is 4.79. The molecule has 0 aliphatic rings. The molecule has 0 atom stereocenters. The first-order chi connectivity index (χ1) is 6.88. The van der Waals surface area contributed by atoms with E-state index in [1.807, 2.05) is 6.07 Å². The lowest BCUT2D eigenvalue weighted by Crippen LogP contribution is -2.45. The first-order valence-electron chi connectivity index (χ1n) is 4.80. The molecule has 0 bridgehead atoms. The Morgan fingerprint density at radius 2 is 2.00 bits per heavy atom. The second kappa shape index (κ2) is 5.35. The van der Waals surface area contributed by atoms with Crippen LogP contribution in [0.15, 0.2) is 0 Å². The van der Waals surface area contributed by atoms with E-state index in [2.05, 4.69) is 5.32 Å². The summed E-state index contributed by atoms with van der Waals surface area (Å²) < 4.78 is 0. The van der Waals surface area contributed by atoms with Crippen molar-refractivity contribution in [2.75, 3.05) is 20.1 Å². The second-order valence-corrected chi connectivity index (χ2v) is 3.73. The van der Waals surface area contributed by atoms with Crippen molar-refractivity contribution in [3.05, 3.63) is 0 Å². The fraction of sp³-hybridized carbons (Fsp3) is 0.700. The van der Waals surface area contributed by atoms with Gasteiger partial charge in [-0.25, -0.2) is 0 Å². The molecule has 0 saturated carbocycles. The van der Waals surface area contributed by atoms with Crippen molar-refractivity contribution in [1.29, 1.82) is 5.26 Å². The number of carbonyl (C=O) groups excluding carboxylic acids is 2. The molecule has 0 saturated heterocycles. The highest BCUT2D eigenvalue weighted by molar-refractivity contribution is 5.89. The highest BCUT2D eigenvalue weighted by Crippen LogP contribution is 2.16. The van der Waals surface area contributed by atoms with Gasteiger partial charge in [-0.15, -0.1) is 0 Å². The number of hydrogen-bond acceptors (Lipinski definition) is 3. The molecule has 0 aromatic rings. The first-order valence-corrected chi connectivity index (χ1v) is 4.80. The summed E-state index contributed by atoms with van der Waals surface area (Å²) in [5.74, 6) is -0.560. The molecule has 0 unspecified atom stereocenters. The smallest absolute Gasteiger partial charge is 0.242 e. The van der Waals surface area contributed by atoms with Gasteiger partial charge in [0.05, 0.1) is 12.6 Å². The summed E-state index contributed by atoms with van der Waals surface area (Å²) in [6.45, 7) is 5.27. The van der Waals surface area contributed by atoms with Gasteiger partial charge in [0.15, 0.2) is 0 Å². The average molecular weight is 211 g/mol. The number of rotatable bonds is 4. The zero-order valence-electron chi connectivity index (χ0n) is 9.63. The van der Waals surface area contributed by atoms with Crippen LogP contribution < -0.4 is 5.32 Å². The number of nitriles is 1. The highest BCUT2D eigenvalue weighted by atomic mass is 16.2. The van der Waals surface area contributed by atoms with E-state index in [-0.39, 0.29) is 18.4 Å². The lowest BCUT2D eigenvalue weighted by atomic mass is 9.94. The Morgan fingerprint density at radius 1 is 1.47 bits per heavy atom. The van der Waals surface area contributed by atoms with Crippen molar-refractivity contribution in [3.8, 4) is 6.07 Å². The van der Waals surface area contributed by atoms with Crippen LogP contribution in [0, 0.1) is 16.7 Å². The third kappa shape index (κ3) is 3.58. The Bertz CT molecular complexity index is 292. The molecule has 1 N–H and O–H groups in total. The summed E-state index contributed by atoms with van der Waals surface area (Å²) >= 11 is 0. The van der Waals surface area contributed by atoms with Gasteiger partial charge in [0.1, 0.15) is 5.41 Å². The van der Waals surface area contributed by atoms with Crippen molar-refractivity contribution >= 4 is 11.8 Å². The van der Waals surface area contributed by atoms with E-state index in [0.717, 1.165) is 0 Å². The zero-order chi connectivity index (χ0) is 12.1. The molecule has 0 aromatic heterocycles. The average Bonchev–Trinajstić information content (AvgIpc) is 2.24. The molecule has 5 nitrogen and oxygen atoms in total. The molecule has 2 amide bonds. The van der Waals surface area contributed by atoms with Gasteiger partial charge in [-0.2, -0.15) is 5.26 Å². The second-order valence-electron chi connectivity index (χ2n) is 3.73. The van der Waals surface area contributed by atoms with Crippen LogP contribution in [-0.2, 0) is 9.59 Å². The molecular weight excluding hydrogens is 194 g/mol. The van der Waals surface area contributed by atoms with E-state index in [1.54, 1.807) is 20.8 Å². The molecule has 0 radical (unpaired) electrons. The molecule has 0 fully saturated rings. The number of hydrogen-bond donors (Lipinski definition) is 1. The Hall–Kier alpha value is -1.57. The van der Waals surface area contributed by atoms with Crippen LogP contribution in [0.4, 0.5) is 0 Å². The van der Waals surface area contributed by atoms with Crippen molar-refractivity contribution < 1.29 is 9.59 Å². The van der Waals surface area contributed by atoms with Crippen LogP contribution >= 0.6 is 0 Å². The van der Waals surface area contributed by atoms with Gasteiger partial charge in [0.2, 0.25) is 11.8 Å². The van der Waals surface area contributed by atoms with Crippen molar-refractivity contribution in [2.45, 2.75) is 20.8 Å². The molecular formula is C10H17N3O2. The topological polar surface area (TPSA) is 73.2 Å². The van der Waals surface area contributed by atoms with E-state index < -0.39 is 5.41 Å². The molecule has 15 heavy (non-hydrogen) atoms. The summed E-state index contributed by atoms with van der Waals surface area (Å²) in [6, 6.07) is 1.92. The maximum Gasteiger partial charge on any atom is 0.242 e. The van der Waals surface area contributed by atoms with Crippen LogP contribution in [0.1, 0.15) is 20.8 Å². The predicted octanol–water partition coefficient (Wildman–Crippen LogP) is 0.131. The monoisotopic (exact) mass is 211 g/mol. The molecule has 0 rings (SSSR count). The quantitative estimate of drug-likeness (QED) is 0.718. The molecule has 84 valence electrons. The SMILES string of the molecule is CCN(CC(=O)NC)C(=O)C(C)(C)C#N. The zero-order valence-corrected chi connectivity index (χ0v) is 9.63. The Balaban J connectivity index is 4.64. The predicted molar refractivity (Wildman–Crippen MR) is 55.7 cm³/mol. The number of nitrogens with zero attached hydrogens (tertiary/aromatic N) is 2. The summed E-state index contributed by atoms with van der Waals surface area (Å²) in [5, 5.41) is 11.2. The highest BCUT2D eigenvalue weighted by Gasteiger charge is 2.31. The van der Waals surface area contributed by atoms with Crippen LogP contribution in [0.2, 0.25) is 0 Å². The van der Waals surface area contributed by atoms with Gasteiger partial charge in [-0.3, -0.25) is 9.59 Å². The lowest BCUT2D eigenvalue weighted by molar-refractivity contribution is -0.140. The summed E-state index contributed by atoms with van der Waals surface area (Å²) in [7, 11) is 1.51. The minimum Gasteiger partial charge on any atom is -0.358 e. The fourth-order valence-corrected chi connectivity index (χ4v) is 1.02. The molecule has 0 spiro atoms. The molecule has 0 aromatic carbocycles. The lowest BCUT2D eigenvalue weighted by Gasteiger charge is -2.25. The van der Waals surface area contributed by atoms with E-state index in [0.29, 0.717) is 6.54 Å².